The topological polar surface area (TPSA) is 46.2 Å². The van der Waals surface area contributed by atoms with Crippen molar-refractivity contribution in [3.63, 3.8) is 0 Å². The van der Waals surface area contributed by atoms with E-state index in [0.29, 0.717) is 0 Å². The Bertz CT molecular complexity index is 317. The molecule has 1 rings (SSSR count). The molecule has 0 radical (unpaired) electrons. The van der Waals surface area contributed by atoms with Crippen LogP contribution in [0.3, 0.4) is 0 Å². The molecule has 0 bridgehead atoms. The van der Waals surface area contributed by atoms with Crippen LogP contribution in [0.2, 0.25) is 0 Å². The number of nitrogens with two attached hydrogens (primary N) is 1. The molecule has 1 aromatic rings. The quantitative estimate of drug-likeness (QED) is 0.784. The predicted octanol–water partition coefficient (Wildman–Crippen LogP) is 1.45. The van der Waals surface area contributed by atoms with Crippen LogP contribution < -0.4 is 5.73 Å². The van der Waals surface area contributed by atoms with Crippen LogP contribution in [-0.4, -0.2) is 17.6 Å². The summed E-state index contributed by atoms with van der Waals surface area (Å²) in [5.74, 6) is -4.31. The minimum absolute atomic E-state index is 0.299. The van der Waals surface area contributed by atoms with E-state index in [2.05, 4.69) is 0 Å². The Kier molecular flexibility index (Phi) is 3.13. The third-order valence-corrected chi connectivity index (χ3v) is 1.91. The van der Waals surface area contributed by atoms with Crippen LogP contribution in [0.5, 0.6) is 0 Å². The Morgan fingerprint density at radius 3 is 2.43 bits per heavy atom. The lowest BCUT2D eigenvalue weighted by atomic mass is 10.0. The summed E-state index contributed by atoms with van der Waals surface area (Å²) in [4.78, 5) is 0. The van der Waals surface area contributed by atoms with Crippen LogP contribution in [0, 0.1) is 5.82 Å². The van der Waals surface area contributed by atoms with E-state index in [-0.39, 0.29) is 5.56 Å². The maximum absolute atomic E-state index is 13.0. The number of rotatable bonds is 3. The van der Waals surface area contributed by atoms with Crippen LogP contribution in [0.25, 0.3) is 0 Å². The van der Waals surface area contributed by atoms with E-state index in [9.17, 15) is 13.2 Å². The molecule has 2 nitrogen and oxygen atoms in total. The average Bonchev–Trinajstić information content (AvgIpc) is 2.17. The summed E-state index contributed by atoms with van der Waals surface area (Å²) in [5.41, 5.74) is 4.83. The molecule has 0 spiro atoms. The number of alkyl halides is 2. The van der Waals surface area contributed by atoms with E-state index in [1.54, 1.807) is 0 Å². The molecule has 0 heterocycles. The van der Waals surface area contributed by atoms with Crippen LogP contribution in [0.1, 0.15) is 11.6 Å². The summed E-state index contributed by atoms with van der Waals surface area (Å²) in [6.45, 7) is -1.40. The van der Waals surface area contributed by atoms with Gasteiger partial charge in [-0.3, -0.25) is 0 Å². The lowest BCUT2D eigenvalue weighted by Crippen LogP contribution is -2.36. The summed E-state index contributed by atoms with van der Waals surface area (Å²) >= 11 is 0. The predicted molar refractivity (Wildman–Crippen MR) is 45.4 cm³/mol. The van der Waals surface area contributed by atoms with Gasteiger partial charge in [0.1, 0.15) is 12.4 Å². The van der Waals surface area contributed by atoms with Crippen LogP contribution in [0.15, 0.2) is 24.3 Å². The van der Waals surface area contributed by atoms with Gasteiger partial charge in [0.15, 0.2) is 0 Å². The Morgan fingerprint density at radius 1 is 1.36 bits per heavy atom. The molecule has 0 saturated heterocycles. The molecular weight excluding hydrogens is 195 g/mol. The monoisotopic (exact) mass is 205 g/mol. The maximum Gasteiger partial charge on any atom is 0.289 e. The SMILES string of the molecule is N[C@@H](c1ccccc1F)C(F)(F)CO. The van der Waals surface area contributed by atoms with E-state index >= 15 is 0 Å². The first-order valence-electron chi connectivity index (χ1n) is 3.97. The largest absolute Gasteiger partial charge is 0.390 e. The molecule has 0 aliphatic heterocycles. The second kappa shape index (κ2) is 3.98. The van der Waals surface area contributed by atoms with Crippen molar-refractivity contribution in [1.82, 2.24) is 0 Å². The van der Waals surface area contributed by atoms with Crippen LogP contribution in [-0.2, 0) is 0 Å². The fraction of sp³-hybridized carbons (Fsp3) is 0.333. The van der Waals surface area contributed by atoms with Crippen LogP contribution >= 0.6 is 0 Å². The Balaban J connectivity index is 3.00. The molecule has 1 atom stereocenters. The average molecular weight is 205 g/mol. The Morgan fingerprint density at radius 2 is 1.93 bits per heavy atom. The normalized spacial score (nSPS) is 14.1. The fourth-order valence-corrected chi connectivity index (χ4v) is 1.05. The lowest BCUT2D eigenvalue weighted by Gasteiger charge is -2.21. The maximum atomic E-state index is 13.0. The van der Waals surface area contributed by atoms with Crippen molar-refractivity contribution < 1.29 is 18.3 Å². The van der Waals surface area contributed by atoms with E-state index < -0.39 is 24.4 Å². The molecule has 5 heteroatoms. The van der Waals surface area contributed by atoms with Crippen molar-refractivity contribution in [3.8, 4) is 0 Å². The summed E-state index contributed by atoms with van der Waals surface area (Å²) < 4.78 is 38.8. The molecule has 0 aromatic heterocycles. The van der Waals surface area contributed by atoms with Crippen molar-refractivity contribution in [2.45, 2.75) is 12.0 Å². The van der Waals surface area contributed by atoms with Gasteiger partial charge < -0.3 is 10.8 Å². The molecule has 0 aliphatic rings. The first-order chi connectivity index (χ1) is 6.49. The van der Waals surface area contributed by atoms with Crippen molar-refractivity contribution in [1.29, 1.82) is 0 Å². The Hall–Kier alpha value is -1.07. The molecule has 0 unspecified atom stereocenters. The third kappa shape index (κ3) is 2.05. The zero-order chi connectivity index (χ0) is 10.8. The van der Waals surface area contributed by atoms with E-state index in [1.807, 2.05) is 0 Å². The van der Waals surface area contributed by atoms with Gasteiger partial charge in [-0.2, -0.15) is 0 Å². The van der Waals surface area contributed by atoms with E-state index in [1.165, 1.54) is 18.2 Å². The first-order valence-corrected chi connectivity index (χ1v) is 3.97. The molecule has 0 amide bonds. The van der Waals surface area contributed by atoms with Crippen molar-refractivity contribution >= 4 is 0 Å². The summed E-state index contributed by atoms with van der Waals surface area (Å²) in [6.07, 6.45) is 0. The van der Waals surface area contributed by atoms with Crippen molar-refractivity contribution in [3.05, 3.63) is 35.6 Å². The minimum atomic E-state index is -3.51. The molecule has 14 heavy (non-hydrogen) atoms. The molecule has 0 saturated carbocycles. The number of hydrogen-bond acceptors (Lipinski definition) is 2. The molecule has 0 aliphatic carbocycles. The smallest absolute Gasteiger partial charge is 0.289 e. The highest BCUT2D eigenvalue weighted by Crippen LogP contribution is 2.29. The van der Waals surface area contributed by atoms with Gasteiger partial charge in [0.2, 0.25) is 0 Å². The van der Waals surface area contributed by atoms with Gasteiger partial charge in [-0.25, -0.2) is 13.2 Å². The second-order valence-corrected chi connectivity index (χ2v) is 2.92. The molecule has 0 fully saturated rings. The minimum Gasteiger partial charge on any atom is -0.390 e. The molecule has 1 aromatic carbocycles. The van der Waals surface area contributed by atoms with Gasteiger partial charge in [-0.15, -0.1) is 0 Å². The number of halogens is 3. The molecule has 3 N–H and O–H groups in total. The molecular formula is C9H10F3NO. The van der Waals surface area contributed by atoms with Gasteiger partial charge in [0.05, 0.1) is 6.04 Å². The van der Waals surface area contributed by atoms with Gasteiger partial charge in [0.25, 0.3) is 5.92 Å². The van der Waals surface area contributed by atoms with Crippen molar-refractivity contribution in [2.24, 2.45) is 5.73 Å². The zero-order valence-corrected chi connectivity index (χ0v) is 7.25. The first kappa shape index (κ1) is 11.0. The zero-order valence-electron chi connectivity index (χ0n) is 7.25. The van der Waals surface area contributed by atoms with Crippen molar-refractivity contribution in [2.75, 3.05) is 6.61 Å². The number of hydrogen-bond donors (Lipinski definition) is 2. The van der Waals surface area contributed by atoms with Gasteiger partial charge in [-0.1, -0.05) is 18.2 Å². The highest BCUT2D eigenvalue weighted by molar-refractivity contribution is 5.22. The van der Waals surface area contributed by atoms with E-state index in [0.717, 1.165) is 6.07 Å². The number of benzene rings is 1. The van der Waals surface area contributed by atoms with Gasteiger partial charge in [-0.05, 0) is 6.07 Å². The highest BCUT2D eigenvalue weighted by Gasteiger charge is 2.38. The standard InChI is InChI=1S/C9H10F3NO/c10-7-4-2-1-3-6(7)8(13)9(11,12)5-14/h1-4,8,14H,5,13H2/t8-/m0/s1. The second-order valence-electron chi connectivity index (χ2n) is 2.92. The van der Waals surface area contributed by atoms with E-state index in [4.69, 9.17) is 10.8 Å². The highest BCUT2D eigenvalue weighted by atomic mass is 19.3. The molecule has 78 valence electrons. The fourth-order valence-electron chi connectivity index (χ4n) is 1.05. The summed E-state index contributed by atoms with van der Waals surface area (Å²) in [6, 6.07) is 3.18. The number of aliphatic hydroxyl groups excluding tert-OH is 1. The third-order valence-electron chi connectivity index (χ3n) is 1.91. The van der Waals surface area contributed by atoms with Gasteiger partial charge in [0, 0.05) is 5.56 Å². The Labute approximate surface area is 79.2 Å². The summed E-state index contributed by atoms with van der Waals surface area (Å²) in [7, 11) is 0. The van der Waals surface area contributed by atoms with Gasteiger partial charge >= 0.3 is 0 Å². The summed E-state index contributed by atoms with van der Waals surface area (Å²) in [5, 5.41) is 8.36. The number of aliphatic hydroxyl groups is 1. The lowest BCUT2D eigenvalue weighted by molar-refractivity contribution is -0.0718. The van der Waals surface area contributed by atoms with Crippen LogP contribution in [0.4, 0.5) is 13.2 Å².